The SMILES string of the molecule is CCN(C(=O)C(C)[S+]([O-])CC(F)(F)F)c1cn(-c2cccnc2)nc1Cl. The lowest BCUT2D eigenvalue weighted by molar-refractivity contribution is -0.118. The zero-order chi connectivity index (χ0) is 19.5. The van der Waals surface area contributed by atoms with Gasteiger partial charge in [0.2, 0.25) is 5.75 Å². The highest BCUT2D eigenvalue weighted by molar-refractivity contribution is 7.92. The molecule has 0 bridgehead atoms. The number of amides is 1. The average molecular weight is 409 g/mol. The van der Waals surface area contributed by atoms with Crippen molar-refractivity contribution >= 4 is 34.4 Å². The molecule has 26 heavy (non-hydrogen) atoms. The molecule has 2 unspecified atom stereocenters. The maximum Gasteiger partial charge on any atom is 0.433 e. The number of carbonyl (C=O) groups is 1. The minimum absolute atomic E-state index is 0.00198. The summed E-state index contributed by atoms with van der Waals surface area (Å²) in [4.78, 5) is 17.7. The topological polar surface area (TPSA) is 74.1 Å². The van der Waals surface area contributed by atoms with Crippen LogP contribution in [0.3, 0.4) is 0 Å². The third-order valence-corrected chi connectivity index (χ3v) is 5.35. The summed E-state index contributed by atoms with van der Waals surface area (Å²) >= 11 is 3.71. The Balaban J connectivity index is 2.25. The van der Waals surface area contributed by atoms with Crippen LogP contribution in [0, 0.1) is 0 Å². The van der Waals surface area contributed by atoms with Gasteiger partial charge in [0.05, 0.1) is 18.1 Å². The first-order valence-corrected chi connectivity index (χ1v) is 9.31. The summed E-state index contributed by atoms with van der Waals surface area (Å²) in [6.45, 7) is 2.96. The van der Waals surface area contributed by atoms with E-state index in [4.69, 9.17) is 11.6 Å². The van der Waals surface area contributed by atoms with E-state index in [1.165, 1.54) is 28.9 Å². The molecule has 1 amide bonds. The molecule has 2 rings (SSSR count). The van der Waals surface area contributed by atoms with Gasteiger partial charge in [0.1, 0.15) is 5.69 Å². The van der Waals surface area contributed by atoms with Crippen molar-refractivity contribution in [1.82, 2.24) is 14.8 Å². The summed E-state index contributed by atoms with van der Waals surface area (Å²) in [6.07, 6.45) is -0.0271. The van der Waals surface area contributed by atoms with E-state index in [0.29, 0.717) is 5.69 Å². The lowest BCUT2D eigenvalue weighted by atomic mass is 10.3. The number of hydrogen-bond donors (Lipinski definition) is 0. The lowest BCUT2D eigenvalue weighted by Gasteiger charge is -2.25. The Morgan fingerprint density at radius 1 is 1.50 bits per heavy atom. The van der Waals surface area contributed by atoms with E-state index in [9.17, 15) is 22.5 Å². The second-order valence-corrected chi connectivity index (χ2v) is 7.44. The molecule has 0 N–H and O–H groups in total. The quantitative estimate of drug-likeness (QED) is 0.689. The number of anilines is 1. The molecule has 2 heterocycles. The van der Waals surface area contributed by atoms with Crippen molar-refractivity contribution in [2.75, 3.05) is 17.2 Å². The summed E-state index contributed by atoms with van der Waals surface area (Å²) in [7, 11) is 0. The van der Waals surface area contributed by atoms with E-state index in [0.717, 1.165) is 0 Å². The number of pyridine rings is 1. The molecular formula is C15H16ClF3N4O2S. The molecule has 0 fully saturated rings. The van der Waals surface area contributed by atoms with Gasteiger partial charge in [-0.15, -0.1) is 0 Å². The van der Waals surface area contributed by atoms with E-state index in [1.54, 1.807) is 25.3 Å². The Morgan fingerprint density at radius 2 is 2.19 bits per heavy atom. The lowest BCUT2D eigenvalue weighted by Crippen LogP contribution is -2.44. The van der Waals surface area contributed by atoms with E-state index in [-0.39, 0.29) is 17.4 Å². The maximum absolute atomic E-state index is 12.6. The Hall–Kier alpha value is -1.78. The zero-order valence-corrected chi connectivity index (χ0v) is 15.5. The van der Waals surface area contributed by atoms with Crippen LogP contribution in [0.25, 0.3) is 5.69 Å². The molecule has 0 spiro atoms. The molecule has 142 valence electrons. The van der Waals surface area contributed by atoms with Crippen molar-refractivity contribution in [2.24, 2.45) is 0 Å². The van der Waals surface area contributed by atoms with Crippen molar-refractivity contribution < 1.29 is 22.5 Å². The van der Waals surface area contributed by atoms with Crippen LogP contribution in [0.5, 0.6) is 0 Å². The minimum Gasteiger partial charge on any atom is -0.615 e. The van der Waals surface area contributed by atoms with Crippen molar-refractivity contribution in [3.63, 3.8) is 0 Å². The third-order valence-electron chi connectivity index (χ3n) is 3.48. The Morgan fingerprint density at radius 3 is 2.73 bits per heavy atom. The van der Waals surface area contributed by atoms with Crippen LogP contribution in [0.4, 0.5) is 18.9 Å². The smallest absolute Gasteiger partial charge is 0.433 e. The van der Waals surface area contributed by atoms with E-state index < -0.39 is 34.3 Å². The van der Waals surface area contributed by atoms with Gasteiger partial charge in [-0.3, -0.25) is 9.78 Å². The van der Waals surface area contributed by atoms with Crippen molar-refractivity contribution in [2.45, 2.75) is 25.3 Å². The number of carbonyl (C=O) groups excluding carboxylic acids is 1. The monoisotopic (exact) mass is 408 g/mol. The molecule has 0 saturated heterocycles. The predicted molar refractivity (Wildman–Crippen MR) is 92.9 cm³/mol. The van der Waals surface area contributed by atoms with Gasteiger partial charge in [-0.1, -0.05) is 11.6 Å². The van der Waals surface area contributed by atoms with Crippen molar-refractivity contribution in [3.8, 4) is 5.69 Å². The van der Waals surface area contributed by atoms with Crippen LogP contribution in [0.2, 0.25) is 5.15 Å². The fourth-order valence-corrected chi connectivity index (χ4v) is 3.37. The summed E-state index contributed by atoms with van der Waals surface area (Å²) in [5, 5.41) is 2.75. The summed E-state index contributed by atoms with van der Waals surface area (Å²) in [5.74, 6) is -2.26. The largest absolute Gasteiger partial charge is 0.615 e. The molecule has 0 aliphatic heterocycles. The number of halogens is 4. The highest BCUT2D eigenvalue weighted by atomic mass is 35.5. The second-order valence-electron chi connectivity index (χ2n) is 5.33. The molecule has 0 saturated carbocycles. The van der Waals surface area contributed by atoms with Gasteiger partial charge in [-0.2, -0.15) is 18.3 Å². The first kappa shape index (κ1) is 20.5. The molecule has 11 heteroatoms. The molecule has 0 radical (unpaired) electrons. The number of aromatic nitrogens is 3. The molecule has 6 nitrogen and oxygen atoms in total. The van der Waals surface area contributed by atoms with Crippen LogP contribution < -0.4 is 4.90 Å². The van der Waals surface area contributed by atoms with Crippen LogP contribution in [-0.4, -0.2) is 48.9 Å². The first-order chi connectivity index (χ1) is 12.1. The number of alkyl halides is 3. The van der Waals surface area contributed by atoms with E-state index in [1.807, 2.05) is 0 Å². The van der Waals surface area contributed by atoms with Gasteiger partial charge in [0.15, 0.2) is 10.4 Å². The van der Waals surface area contributed by atoms with Gasteiger partial charge in [-0.25, -0.2) is 4.68 Å². The molecule has 2 aromatic rings. The molecule has 2 atom stereocenters. The van der Waals surface area contributed by atoms with Crippen molar-refractivity contribution in [1.29, 1.82) is 0 Å². The maximum atomic E-state index is 12.6. The third kappa shape index (κ3) is 4.89. The van der Waals surface area contributed by atoms with Crippen LogP contribution in [-0.2, 0) is 16.0 Å². The highest BCUT2D eigenvalue weighted by Gasteiger charge is 2.40. The predicted octanol–water partition coefficient (Wildman–Crippen LogP) is 2.97. The molecule has 0 aliphatic rings. The number of hydrogen-bond acceptors (Lipinski definition) is 4. The fourth-order valence-electron chi connectivity index (χ4n) is 2.21. The van der Waals surface area contributed by atoms with Gasteiger partial charge in [-0.05, 0) is 37.2 Å². The normalized spacial score (nSPS) is 14.1. The fraction of sp³-hybridized carbons (Fsp3) is 0.400. The molecule has 0 aliphatic carbocycles. The Kier molecular flexibility index (Phi) is 6.53. The van der Waals surface area contributed by atoms with E-state index >= 15 is 0 Å². The van der Waals surface area contributed by atoms with Gasteiger partial charge >= 0.3 is 6.18 Å². The van der Waals surface area contributed by atoms with Gasteiger partial charge in [0.25, 0.3) is 5.91 Å². The van der Waals surface area contributed by atoms with E-state index in [2.05, 4.69) is 10.1 Å². The zero-order valence-electron chi connectivity index (χ0n) is 13.9. The summed E-state index contributed by atoms with van der Waals surface area (Å²) in [5.41, 5.74) is 0.816. The number of rotatable bonds is 6. The van der Waals surface area contributed by atoms with Gasteiger partial charge < -0.3 is 9.45 Å². The summed E-state index contributed by atoms with van der Waals surface area (Å²) in [6, 6.07) is 3.41. The molecule has 2 aromatic heterocycles. The van der Waals surface area contributed by atoms with Crippen LogP contribution in [0.15, 0.2) is 30.7 Å². The standard InChI is InChI=1S/C15H16ClF3N4O2S/c1-3-22(14(24)10(2)26(25)9-15(17,18)19)12-8-23(21-13(12)16)11-5-4-6-20-7-11/h4-8,10H,3,9H2,1-2H3. The summed E-state index contributed by atoms with van der Waals surface area (Å²) < 4.78 is 50.5. The second kappa shape index (κ2) is 8.28. The Labute approximate surface area is 156 Å². The van der Waals surface area contributed by atoms with Crippen molar-refractivity contribution in [3.05, 3.63) is 35.9 Å². The highest BCUT2D eigenvalue weighted by Crippen LogP contribution is 2.28. The first-order valence-electron chi connectivity index (χ1n) is 7.55. The molecular weight excluding hydrogens is 393 g/mol. The average Bonchev–Trinajstić information content (AvgIpc) is 2.96. The van der Waals surface area contributed by atoms with Crippen LogP contribution >= 0.6 is 11.6 Å². The Bertz CT molecular complexity index is 757. The van der Waals surface area contributed by atoms with Crippen LogP contribution in [0.1, 0.15) is 13.8 Å². The minimum atomic E-state index is -4.61. The number of nitrogens with zero attached hydrogens (tertiary/aromatic N) is 4. The van der Waals surface area contributed by atoms with Gasteiger partial charge in [0, 0.05) is 12.7 Å². The molecule has 0 aromatic carbocycles.